The van der Waals surface area contributed by atoms with Crippen LogP contribution >= 0.6 is 0 Å². The normalized spacial score (nSPS) is 12.0. The lowest BCUT2D eigenvalue weighted by Gasteiger charge is -2.13. The van der Waals surface area contributed by atoms with Crippen molar-refractivity contribution < 1.29 is 26.4 Å². The summed E-state index contributed by atoms with van der Waals surface area (Å²) in [4.78, 5) is 19.5. The molecule has 1 N–H and O–H groups in total. The molecule has 29 heavy (non-hydrogen) atoms. The van der Waals surface area contributed by atoms with Crippen LogP contribution in [0.25, 0.3) is 0 Å². The van der Waals surface area contributed by atoms with E-state index in [2.05, 4.69) is 20.4 Å². The maximum absolute atomic E-state index is 12.9. The van der Waals surface area contributed by atoms with E-state index in [1.54, 1.807) is 28.9 Å². The average molecular weight is 425 g/mol. The highest BCUT2D eigenvalue weighted by atomic mass is 32.2. The second kappa shape index (κ2) is 7.99. The number of carbonyl (C=O) groups excluding carboxylic acids is 1. The molecule has 0 saturated carbocycles. The molecule has 152 valence electrons. The summed E-state index contributed by atoms with van der Waals surface area (Å²) in [5, 5.41) is 5.10. The molecule has 12 heteroatoms. The topological polar surface area (TPSA) is 107 Å². The summed E-state index contributed by atoms with van der Waals surface area (Å²) < 4.78 is 63.6. The van der Waals surface area contributed by atoms with E-state index in [0.717, 1.165) is 17.8 Å². The van der Waals surface area contributed by atoms with Crippen molar-refractivity contribution in [2.45, 2.75) is 23.6 Å². The highest BCUT2D eigenvalue weighted by Crippen LogP contribution is 2.30. The van der Waals surface area contributed by atoms with Crippen LogP contribution in [-0.2, 0) is 22.9 Å². The first-order valence-corrected chi connectivity index (χ1v) is 9.62. The predicted molar refractivity (Wildman–Crippen MR) is 94.2 cm³/mol. The third-order valence-corrected chi connectivity index (χ3v) is 5.38. The number of sulfone groups is 1. The van der Waals surface area contributed by atoms with E-state index < -0.39 is 31.8 Å². The van der Waals surface area contributed by atoms with Gasteiger partial charge in [0.2, 0.25) is 0 Å². The number of amides is 1. The maximum atomic E-state index is 12.9. The lowest BCUT2D eigenvalue weighted by Crippen LogP contribution is -2.30. The van der Waals surface area contributed by atoms with Gasteiger partial charge in [-0.05, 0) is 23.3 Å². The van der Waals surface area contributed by atoms with Crippen molar-refractivity contribution in [1.82, 2.24) is 25.1 Å². The Bertz CT molecular complexity index is 1120. The van der Waals surface area contributed by atoms with Crippen molar-refractivity contribution >= 4 is 15.7 Å². The fourth-order valence-corrected chi connectivity index (χ4v) is 3.40. The lowest BCUT2D eigenvalue weighted by atomic mass is 10.1. The van der Waals surface area contributed by atoms with Crippen molar-refractivity contribution in [1.29, 1.82) is 0 Å². The predicted octanol–water partition coefficient (Wildman–Crippen LogP) is 1.94. The van der Waals surface area contributed by atoms with Gasteiger partial charge in [0.05, 0.1) is 12.1 Å². The number of pyridine rings is 1. The summed E-state index contributed by atoms with van der Waals surface area (Å²) in [6.45, 7) is 0.330. The number of rotatable bonds is 6. The van der Waals surface area contributed by atoms with Crippen molar-refractivity contribution in [2.24, 2.45) is 0 Å². The Labute approximate surface area is 163 Å². The van der Waals surface area contributed by atoms with Crippen LogP contribution in [0.1, 0.15) is 21.5 Å². The van der Waals surface area contributed by atoms with E-state index in [1.165, 1.54) is 18.7 Å². The molecule has 0 aliphatic carbocycles. The van der Waals surface area contributed by atoms with E-state index in [1.807, 2.05) is 0 Å². The van der Waals surface area contributed by atoms with Crippen LogP contribution in [0, 0.1) is 0 Å². The van der Waals surface area contributed by atoms with Crippen molar-refractivity contribution in [3.8, 4) is 0 Å². The number of benzene rings is 1. The van der Waals surface area contributed by atoms with Gasteiger partial charge in [0.25, 0.3) is 15.7 Å². The summed E-state index contributed by atoms with van der Waals surface area (Å²) in [5.41, 5.74) is -4.77. The smallest absolute Gasteiger partial charge is 0.348 e. The average Bonchev–Trinajstić information content (AvgIpc) is 3.19. The van der Waals surface area contributed by atoms with Gasteiger partial charge in [-0.3, -0.25) is 4.79 Å². The first-order valence-electron chi connectivity index (χ1n) is 8.14. The fraction of sp³-hybridized carbons (Fsp3) is 0.176. The molecule has 0 spiro atoms. The van der Waals surface area contributed by atoms with Gasteiger partial charge in [-0.15, -0.1) is 0 Å². The Morgan fingerprint density at radius 1 is 1.10 bits per heavy atom. The second-order valence-electron chi connectivity index (χ2n) is 5.85. The van der Waals surface area contributed by atoms with Crippen LogP contribution in [-0.4, -0.2) is 39.6 Å². The molecule has 3 aromatic rings. The number of hydrogen-bond donors (Lipinski definition) is 1. The maximum Gasteiger partial charge on any atom is 0.503 e. The van der Waals surface area contributed by atoms with Gasteiger partial charge in [-0.25, -0.2) is 23.1 Å². The SMILES string of the molecule is O=C(NCc1ccccc1Cn1cncn1)c1cccnc1S(=O)(=O)C(F)(F)F. The molecule has 0 radical (unpaired) electrons. The second-order valence-corrected chi connectivity index (χ2v) is 7.71. The zero-order valence-corrected chi connectivity index (χ0v) is 15.5. The van der Waals surface area contributed by atoms with Crippen LogP contribution in [0.5, 0.6) is 0 Å². The van der Waals surface area contributed by atoms with Crippen molar-refractivity contribution in [2.75, 3.05) is 0 Å². The summed E-state index contributed by atoms with van der Waals surface area (Å²) in [6, 6.07) is 9.20. The first kappa shape index (κ1) is 20.5. The summed E-state index contributed by atoms with van der Waals surface area (Å²) in [6.07, 6.45) is 3.76. The molecule has 0 aliphatic heterocycles. The Morgan fingerprint density at radius 2 is 1.83 bits per heavy atom. The molecular formula is C17H14F3N5O3S. The van der Waals surface area contributed by atoms with Crippen LogP contribution in [0.2, 0.25) is 0 Å². The fourth-order valence-electron chi connectivity index (χ4n) is 2.53. The molecule has 0 fully saturated rings. The molecule has 0 unspecified atom stereocenters. The Morgan fingerprint density at radius 3 is 2.48 bits per heavy atom. The number of halogens is 3. The zero-order chi connectivity index (χ0) is 21.1. The van der Waals surface area contributed by atoms with Gasteiger partial charge in [0, 0.05) is 12.7 Å². The first-order chi connectivity index (χ1) is 13.7. The third kappa shape index (κ3) is 4.42. The number of aromatic nitrogens is 4. The standard InChI is InChI=1S/C17H14F3N5O3S/c18-17(19,20)29(27,28)16-14(6-3-7-22-16)15(26)23-8-12-4-1-2-5-13(12)9-25-11-21-10-24-25/h1-7,10-11H,8-9H2,(H,23,26). The van der Waals surface area contributed by atoms with Crippen molar-refractivity contribution in [3.05, 3.63) is 71.9 Å². The molecule has 3 rings (SSSR count). The van der Waals surface area contributed by atoms with Crippen LogP contribution in [0.4, 0.5) is 13.2 Å². The largest absolute Gasteiger partial charge is 0.503 e. The summed E-state index contributed by atoms with van der Waals surface area (Å²) in [7, 11) is -5.77. The Hall–Kier alpha value is -3.28. The molecule has 1 amide bonds. The van der Waals surface area contributed by atoms with Crippen LogP contribution < -0.4 is 5.32 Å². The highest BCUT2D eigenvalue weighted by molar-refractivity contribution is 7.92. The molecule has 1 aromatic carbocycles. The molecule has 0 aliphatic rings. The van der Waals surface area contributed by atoms with Gasteiger partial charge in [0.1, 0.15) is 12.7 Å². The van der Waals surface area contributed by atoms with E-state index in [0.29, 0.717) is 12.1 Å². The van der Waals surface area contributed by atoms with Gasteiger partial charge in [-0.2, -0.15) is 18.3 Å². The van der Waals surface area contributed by atoms with Gasteiger partial charge >= 0.3 is 5.51 Å². The Balaban J connectivity index is 1.82. The number of hydrogen-bond acceptors (Lipinski definition) is 6. The lowest BCUT2D eigenvalue weighted by molar-refractivity contribution is -0.0438. The minimum atomic E-state index is -5.77. The molecule has 8 nitrogen and oxygen atoms in total. The van der Waals surface area contributed by atoms with E-state index in [4.69, 9.17) is 0 Å². The molecular weight excluding hydrogens is 411 g/mol. The van der Waals surface area contributed by atoms with Crippen LogP contribution in [0.3, 0.4) is 0 Å². The number of nitrogens with one attached hydrogen (secondary N) is 1. The molecule has 2 aromatic heterocycles. The molecule has 0 saturated heterocycles. The Kier molecular flexibility index (Phi) is 5.64. The summed E-state index contributed by atoms with van der Waals surface area (Å²) in [5.74, 6) is -0.989. The van der Waals surface area contributed by atoms with Gasteiger partial charge < -0.3 is 5.32 Å². The minimum absolute atomic E-state index is 0.0376. The van der Waals surface area contributed by atoms with Gasteiger partial charge in [-0.1, -0.05) is 24.3 Å². The number of carbonyl (C=O) groups is 1. The number of nitrogens with zero attached hydrogens (tertiary/aromatic N) is 4. The van der Waals surface area contributed by atoms with Crippen molar-refractivity contribution in [3.63, 3.8) is 0 Å². The van der Waals surface area contributed by atoms with E-state index >= 15 is 0 Å². The number of alkyl halides is 3. The van der Waals surface area contributed by atoms with Crippen LogP contribution in [0.15, 0.2) is 60.3 Å². The minimum Gasteiger partial charge on any atom is -0.348 e. The monoisotopic (exact) mass is 425 g/mol. The highest BCUT2D eigenvalue weighted by Gasteiger charge is 2.49. The molecule has 2 heterocycles. The zero-order valence-electron chi connectivity index (χ0n) is 14.7. The van der Waals surface area contributed by atoms with Gasteiger partial charge in [0.15, 0.2) is 5.03 Å². The molecule has 0 bridgehead atoms. The third-order valence-electron chi connectivity index (χ3n) is 3.93. The quantitative estimate of drug-likeness (QED) is 0.647. The molecule has 0 atom stereocenters. The van der Waals surface area contributed by atoms with E-state index in [9.17, 15) is 26.4 Å². The van der Waals surface area contributed by atoms with E-state index in [-0.39, 0.29) is 6.54 Å². The summed E-state index contributed by atoms with van der Waals surface area (Å²) >= 11 is 0.